The van der Waals surface area contributed by atoms with Crippen LogP contribution in [0.15, 0.2) is 48.5 Å². The average Bonchev–Trinajstić information content (AvgIpc) is 2.61. The molecule has 0 saturated heterocycles. The van der Waals surface area contributed by atoms with Crippen LogP contribution in [0, 0.1) is 6.92 Å². The Morgan fingerprint density at radius 1 is 1.04 bits per heavy atom. The Balaban J connectivity index is 1.79. The molecular weight excluding hydrogens is 336 g/mol. The molecule has 0 bridgehead atoms. The Morgan fingerprint density at radius 2 is 1.65 bits per heavy atom. The summed E-state index contributed by atoms with van der Waals surface area (Å²) < 4.78 is 4.92. The molecule has 136 valence electrons. The minimum absolute atomic E-state index is 0.0250. The molecule has 26 heavy (non-hydrogen) atoms. The van der Waals surface area contributed by atoms with E-state index in [0.29, 0.717) is 5.69 Å². The van der Waals surface area contributed by atoms with Gasteiger partial charge in [0.15, 0.2) is 6.61 Å². The number of amides is 2. The first-order chi connectivity index (χ1) is 12.3. The Morgan fingerprint density at radius 3 is 2.27 bits per heavy atom. The monoisotopic (exact) mass is 356 g/mol. The molecule has 0 saturated carbocycles. The number of carbonyl (C=O) groups is 3. The number of ether oxygens (including phenoxy) is 1. The minimum Gasteiger partial charge on any atom is -0.508 e. The number of aryl methyl sites for hydroxylation is 1. The number of benzene rings is 2. The van der Waals surface area contributed by atoms with Gasteiger partial charge in [-0.3, -0.25) is 9.59 Å². The van der Waals surface area contributed by atoms with E-state index < -0.39 is 18.5 Å². The molecule has 2 aromatic rings. The van der Waals surface area contributed by atoms with Crippen molar-refractivity contribution in [1.82, 2.24) is 4.90 Å². The fraction of sp³-hybridized carbons (Fsp3) is 0.211. The summed E-state index contributed by atoms with van der Waals surface area (Å²) in [5, 5.41) is 11.9. The van der Waals surface area contributed by atoms with Crippen LogP contribution in [-0.4, -0.2) is 48.0 Å². The summed E-state index contributed by atoms with van der Waals surface area (Å²) in [6.45, 7) is 1.30. The van der Waals surface area contributed by atoms with Gasteiger partial charge in [-0.05, 0) is 43.3 Å². The number of hydrogen-bond acceptors (Lipinski definition) is 5. The van der Waals surface area contributed by atoms with Gasteiger partial charge in [-0.15, -0.1) is 0 Å². The predicted molar refractivity (Wildman–Crippen MR) is 95.8 cm³/mol. The zero-order valence-electron chi connectivity index (χ0n) is 14.6. The van der Waals surface area contributed by atoms with Crippen molar-refractivity contribution in [2.45, 2.75) is 6.92 Å². The van der Waals surface area contributed by atoms with Crippen molar-refractivity contribution in [1.29, 1.82) is 0 Å². The van der Waals surface area contributed by atoms with Crippen LogP contribution in [-0.2, 0) is 14.3 Å². The topological polar surface area (TPSA) is 95.9 Å². The smallest absolute Gasteiger partial charge is 0.338 e. The molecule has 0 aliphatic carbocycles. The molecule has 0 unspecified atom stereocenters. The average molecular weight is 356 g/mol. The van der Waals surface area contributed by atoms with Crippen molar-refractivity contribution >= 4 is 23.5 Å². The molecule has 2 amide bonds. The fourth-order valence-corrected chi connectivity index (χ4v) is 2.06. The number of rotatable bonds is 6. The van der Waals surface area contributed by atoms with Gasteiger partial charge < -0.3 is 20.1 Å². The van der Waals surface area contributed by atoms with E-state index in [1.54, 1.807) is 12.1 Å². The number of aromatic hydroxyl groups is 1. The molecule has 0 spiro atoms. The predicted octanol–water partition coefficient (Wildman–Crippen LogP) is 1.95. The first-order valence-electron chi connectivity index (χ1n) is 7.92. The summed E-state index contributed by atoms with van der Waals surface area (Å²) in [4.78, 5) is 37.0. The van der Waals surface area contributed by atoms with Crippen LogP contribution < -0.4 is 5.32 Å². The maximum Gasteiger partial charge on any atom is 0.338 e. The normalized spacial score (nSPS) is 10.1. The zero-order valence-corrected chi connectivity index (χ0v) is 14.6. The van der Waals surface area contributed by atoms with Crippen LogP contribution in [0.2, 0.25) is 0 Å². The van der Waals surface area contributed by atoms with Crippen LogP contribution in [0.3, 0.4) is 0 Å². The molecule has 0 atom stereocenters. The molecule has 0 fully saturated rings. The van der Waals surface area contributed by atoms with Crippen LogP contribution in [0.25, 0.3) is 0 Å². The Kier molecular flexibility index (Phi) is 6.32. The third-order valence-electron chi connectivity index (χ3n) is 3.57. The van der Waals surface area contributed by atoms with Crippen molar-refractivity contribution < 1.29 is 24.2 Å². The standard InChI is InChI=1S/C19H20N2O5/c1-13-3-7-15(8-4-13)20-17(23)11-21(2)18(24)12-26-19(25)14-5-9-16(22)10-6-14/h3-10,22H,11-12H2,1-2H3,(H,20,23). The van der Waals surface area contributed by atoms with E-state index in [2.05, 4.69) is 5.32 Å². The highest BCUT2D eigenvalue weighted by atomic mass is 16.5. The molecule has 2 rings (SSSR count). The first-order valence-corrected chi connectivity index (χ1v) is 7.92. The van der Waals surface area contributed by atoms with E-state index in [4.69, 9.17) is 4.74 Å². The molecule has 7 heteroatoms. The second kappa shape index (κ2) is 8.66. The molecule has 0 aromatic heterocycles. The number of phenolic OH excluding ortho intramolecular Hbond substituents is 1. The number of esters is 1. The van der Waals surface area contributed by atoms with E-state index in [9.17, 15) is 19.5 Å². The number of likely N-dealkylation sites (N-methyl/N-ethyl adjacent to an activating group) is 1. The largest absolute Gasteiger partial charge is 0.508 e. The summed E-state index contributed by atoms with van der Waals surface area (Å²) in [6.07, 6.45) is 0. The molecule has 0 radical (unpaired) electrons. The van der Waals surface area contributed by atoms with Gasteiger partial charge in [0.05, 0.1) is 12.1 Å². The van der Waals surface area contributed by atoms with Crippen molar-refractivity contribution in [2.24, 2.45) is 0 Å². The number of anilines is 1. The van der Waals surface area contributed by atoms with E-state index >= 15 is 0 Å². The van der Waals surface area contributed by atoms with Gasteiger partial charge in [0.25, 0.3) is 5.91 Å². The minimum atomic E-state index is -0.684. The summed E-state index contributed by atoms with van der Waals surface area (Å²) in [7, 11) is 1.45. The van der Waals surface area contributed by atoms with Crippen LogP contribution in [0.1, 0.15) is 15.9 Å². The number of phenols is 1. The zero-order chi connectivity index (χ0) is 19.1. The highest BCUT2D eigenvalue weighted by Crippen LogP contribution is 2.11. The SMILES string of the molecule is Cc1ccc(NC(=O)CN(C)C(=O)COC(=O)c2ccc(O)cc2)cc1. The molecule has 0 aliphatic rings. The van der Waals surface area contributed by atoms with Crippen molar-refractivity contribution in [3.63, 3.8) is 0 Å². The van der Waals surface area contributed by atoms with E-state index in [-0.39, 0.29) is 23.8 Å². The highest BCUT2D eigenvalue weighted by molar-refractivity contribution is 5.95. The molecular formula is C19H20N2O5. The Bertz CT molecular complexity index is 785. The van der Waals surface area contributed by atoms with Crippen LogP contribution >= 0.6 is 0 Å². The van der Waals surface area contributed by atoms with E-state index in [1.807, 2.05) is 19.1 Å². The second-order valence-corrected chi connectivity index (χ2v) is 5.79. The summed E-state index contributed by atoms with van der Waals surface area (Å²) in [5.41, 5.74) is 1.93. The van der Waals surface area contributed by atoms with E-state index in [0.717, 1.165) is 5.56 Å². The first kappa shape index (κ1) is 19.0. The van der Waals surface area contributed by atoms with Crippen molar-refractivity contribution in [3.05, 3.63) is 59.7 Å². The molecule has 0 heterocycles. The lowest BCUT2D eigenvalue weighted by Crippen LogP contribution is -2.37. The Labute approximate surface area is 151 Å². The van der Waals surface area contributed by atoms with Crippen LogP contribution in [0.5, 0.6) is 5.75 Å². The molecule has 0 aliphatic heterocycles. The summed E-state index contributed by atoms with van der Waals surface area (Å²) in [5.74, 6) is -1.52. The summed E-state index contributed by atoms with van der Waals surface area (Å²) in [6, 6.07) is 12.8. The van der Waals surface area contributed by atoms with Gasteiger partial charge in [-0.1, -0.05) is 17.7 Å². The molecule has 7 nitrogen and oxygen atoms in total. The van der Waals surface area contributed by atoms with Gasteiger partial charge in [0.1, 0.15) is 5.75 Å². The maximum atomic E-state index is 12.0. The van der Waals surface area contributed by atoms with Crippen LogP contribution in [0.4, 0.5) is 5.69 Å². The lowest BCUT2D eigenvalue weighted by Gasteiger charge is -2.17. The third-order valence-corrected chi connectivity index (χ3v) is 3.57. The van der Waals surface area contributed by atoms with Gasteiger partial charge in [-0.25, -0.2) is 4.79 Å². The Hall–Kier alpha value is -3.35. The maximum absolute atomic E-state index is 12.0. The number of hydrogen-bond donors (Lipinski definition) is 2. The van der Waals surface area contributed by atoms with Gasteiger partial charge in [-0.2, -0.15) is 0 Å². The number of nitrogens with one attached hydrogen (secondary N) is 1. The lowest BCUT2D eigenvalue weighted by atomic mass is 10.2. The van der Waals surface area contributed by atoms with Gasteiger partial charge >= 0.3 is 5.97 Å². The highest BCUT2D eigenvalue weighted by Gasteiger charge is 2.16. The van der Waals surface area contributed by atoms with E-state index in [1.165, 1.54) is 36.2 Å². The number of carbonyl (C=O) groups excluding carboxylic acids is 3. The summed E-state index contributed by atoms with van der Waals surface area (Å²) >= 11 is 0. The number of nitrogens with zero attached hydrogens (tertiary/aromatic N) is 1. The quantitative estimate of drug-likeness (QED) is 0.772. The van der Waals surface area contributed by atoms with Crippen molar-refractivity contribution in [2.75, 3.05) is 25.5 Å². The van der Waals surface area contributed by atoms with Gasteiger partial charge in [0.2, 0.25) is 5.91 Å². The third kappa shape index (κ3) is 5.62. The lowest BCUT2D eigenvalue weighted by molar-refractivity contribution is -0.136. The van der Waals surface area contributed by atoms with Gasteiger partial charge in [0, 0.05) is 12.7 Å². The fourth-order valence-electron chi connectivity index (χ4n) is 2.06. The second-order valence-electron chi connectivity index (χ2n) is 5.79. The molecule has 2 aromatic carbocycles. The molecule has 2 N–H and O–H groups in total. The van der Waals surface area contributed by atoms with Crippen molar-refractivity contribution in [3.8, 4) is 5.75 Å².